The third-order valence-electron chi connectivity index (χ3n) is 3.12. The minimum Gasteiger partial charge on any atom is -0.488 e. The van der Waals surface area contributed by atoms with Gasteiger partial charge >= 0.3 is 0 Å². The number of carbonyl (C=O) groups excluding carboxylic acids is 1. The number of nitrogens with one attached hydrogen (secondary N) is 1. The molecule has 0 saturated heterocycles. The maximum absolute atomic E-state index is 11.5. The number of benzene rings is 1. The molecule has 0 fully saturated rings. The molecule has 112 valence electrons. The molecule has 0 radical (unpaired) electrons. The highest BCUT2D eigenvalue weighted by molar-refractivity contribution is 7.14. The van der Waals surface area contributed by atoms with E-state index in [9.17, 15) is 4.79 Å². The zero-order valence-corrected chi connectivity index (χ0v) is 13.4. The third kappa shape index (κ3) is 3.21. The van der Waals surface area contributed by atoms with Crippen LogP contribution in [0, 0.1) is 0 Å². The van der Waals surface area contributed by atoms with Crippen LogP contribution in [0.4, 0.5) is 0 Å². The van der Waals surface area contributed by atoms with Crippen LogP contribution in [0.3, 0.4) is 0 Å². The molecule has 1 amide bonds. The van der Waals surface area contributed by atoms with Crippen LogP contribution < -0.4 is 10.1 Å². The molecule has 2 heterocycles. The molecule has 1 N–H and O–H groups in total. The van der Waals surface area contributed by atoms with Gasteiger partial charge < -0.3 is 10.1 Å². The summed E-state index contributed by atoms with van der Waals surface area (Å²) in [6.07, 6.45) is 7.43. The molecule has 1 aliphatic rings. The maximum Gasteiger partial charge on any atom is 0.262 e. The Bertz CT molecular complexity index is 780. The Morgan fingerprint density at radius 1 is 1.45 bits per heavy atom. The minimum atomic E-state index is -0.124. The first kappa shape index (κ1) is 14.8. The van der Waals surface area contributed by atoms with Crippen LogP contribution in [0.2, 0.25) is 5.02 Å². The zero-order chi connectivity index (χ0) is 15.5. The van der Waals surface area contributed by atoms with Crippen LogP contribution in [-0.2, 0) is 0 Å². The fourth-order valence-electron chi connectivity index (χ4n) is 2.03. The Labute approximate surface area is 137 Å². The van der Waals surface area contributed by atoms with Crippen molar-refractivity contribution in [3.05, 3.63) is 56.5 Å². The number of hydrogen-bond acceptors (Lipinski definition) is 4. The number of hydrogen-bond donors (Lipinski definition) is 1. The predicted octanol–water partition coefficient (Wildman–Crippen LogP) is 3.65. The van der Waals surface area contributed by atoms with E-state index in [0.29, 0.717) is 16.5 Å². The van der Waals surface area contributed by atoms with E-state index in [0.717, 1.165) is 21.9 Å². The second-order valence-corrected chi connectivity index (χ2v) is 6.16. The summed E-state index contributed by atoms with van der Waals surface area (Å²) in [7, 11) is 1.60. The van der Waals surface area contributed by atoms with Crippen LogP contribution in [0.25, 0.3) is 12.2 Å². The summed E-state index contributed by atoms with van der Waals surface area (Å²) in [4.78, 5) is 16.3. The Balaban J connectivity index is 1.78. The Morgan fingerprint density at radius 2 is 2.32 bits per heavy atom. The molecule has 6 heteroatoms. The molecule has 3 rings (SSSR count). The summed E-state index contributed by atoms with van der Waals surface area (Å²) >= 11 is 7.34. The summed E-state index contributed by atoms with van der Waals surface area (Å²) in [5.41, 5.74) is 1.98. The number of thiazole rings is 1. The summed E-state index contributed by atoms with van der Waals surface area (Å²) < 4.78 is 5.68. The summed E-state index contributed by atoms with van der Waals surface area (Å²) in [6.45, 7) is 0.499. The van der Waals surface area contributed by atoms with E-state index in [1.54, 1.807) is 13.2 Å². The quantitative estimate of drug-likeness (QED) is 0.933. The first-order valence-corrected chi connectivity index (χ1v) is 7.84. The Morgan fingerprint density at radius 3 is 3.14 bits per heavy atom. The normalized spacial score (nSPS) is 13.5. The minimum absolute atomic E-state index is 0.124. The van der Waals surface area contributed by atoms with Crippen molar-refractivity contribution in [2.24, 2.45) is 0 Å². The zero-order valence-electron chi connectivity index (χ0n) is 11.8. The van der Waals surface area contributed by atoms with E-state index in [-0.39, 0.29) is 5.91 Å². The van der Waals surface area contributed by atoms with Crippen molar-refractivity contribution < 1.29 is 9.53 Å². The van der Waals surface area contributed by atoms with Gasteiger partial charge in [-0.15, -0.1) is 11.3 Å². The number of halogens is 1. The highest BCUT2D eigenvalue weighted by atomic mass is 35.5. The molecule has 22 heavy (non-hydrogen) atoms. The first-order valence-electron chi connectivity index (χ1n) is 6.64. The summed E-state index contributed by atoms with van der Waals surface area (Å²) in [6, 6.07) is 5.55. The van der Waals surface area contributed by atoms with E-state index >= 15 is 0 Å². The Kier molecular flexibility index (Phi) is 4.27. The highest BCUT2D eigenvalue weighted by Crippen LogP contribution is 2.29. The lowest BCUT2D eigenvalue weighted by molar-refractivity contribution is 0.0967. The topological polar surface area (TPSA) is 51.2 Å². The molecule has 0 aliphatic carbocycles. The molecule has 0 unspecified atom stereocenters. The van der Waals surface area contributed by atoms with Crippen LogP contribution >= 0.6 is 22.9 Å². The molecule has 1 aromatic heterocycles. The van der Waals surface area contributed by atoms with E-state index in [1.807, 2.05) is 36.4 Å². The molecular weight excluding hydrogens is 320 g/mol. The van der Waals surface area contributed by atoms with Gasteiger partial charge in [0.25, 0.3) is 5.91 Å². The van der Waals surface area contributed by atoms with Gasteiger partial charge in [-0.3, -0.25) is 4.79 Å². The van der Waals surface area contributed by atoms with Gasteiger partial charge in [-0.1, -0.05) is 17.7 Å². The van der Waals surface area contributed by atoms with E-state index in [4.69, 9.17) is 16.3 Å². The molecule has 0 spiro atoms. The van der Waals surface area contributed by atoms with Crippen molar-refractivity contribution in [3.8, 4) is 5.75 Å². The third-order valence-corrected chi connectivity index (χ3v) is 4.32. The second kappa shape index (κ2) is 6.34. The lowest BCUT2D eigenvalue weighted by atomic mass is 10.1. The molecule has 1 aromatic carbocycles. The fourth-order valence-corrected chi connectivity index (χ4v) is 2.98. The summed E-state index contributed by atoms with van der Waals surface area (Å²) in [5.74, 6) is 0.707. The largest absolute Gasteiger partial charge is 0.488 e. The number of rotatable bonds is 3. The van der Waals surface area contributed by atoms with Crippen LogP contribution in [-0.4, -0.2) is 24.5 Å². The van der Waals surface area contributed by atoms with Crippen LogP contribution in [0.1, 0.15) is 20.2 Å². The molecule has 0 bridgehead atoms. The lowest BCUT2D eigenvalue weighted by Crippen LogP contribution is -2.16. The van der Waals surface area contributed by atoms with E-state index in [1.165, 1.54) is 11.3 Å². The number of fused-ring (bicyclic) bond motifs is 1. The van der Waals surface area contributed by atoms with Crippen molar-refractivity contribution in [3.63, 3.8) is 0 Å². The summed E-state index contributed by atoms with van der Waals surface area (Å²) in [5, 5.41) is 4.03. The van der Waals surface area contributed by atoms with Crippen LogP contribution in [0.5, 0.6) is 5.75 Å². The SMILES string of the molecule is CNC(=O)c1cnc(/C=C/C2=Cc3cc(Cl)ccc3OC2)s1. The first-order chi connectivity index (χ1) is 10.7. The number of carbonyl (C=O) groups is 1. The van der Waals surface area contributed by atoms with Crippen molar-refractivity contribution >= 4 is 41.0 Å². The average Bonchev–Trinajstić information content (AvgIpc) is 3.00. The maximum atomic E-state index is 11.5. The smallest absolute Gasteiger partial charge is 0.262 e. The average molecular weight is 333 g/mol. The van der Waals surface area contributed by atoms with Crippen LogP contribution in [0.15, 0.2) is 36.0 Å². The monoisotopic (exact) mass is 332 g/mol. The molecule has 1 aliphatic heterocycles. The van der Waals surface area contributed by atoms with Gasteiger partial charge in [0.15, 0.2) is 0 Å². The van der Waals surface area contributed by atoms with Crippen molar-refractivity contribution in [2.45, 2.75) is 0 Å². The van der Waals surface area contributed by atoms with Gasteiger partial charge in [0.1, 0.15) is 22.2 Å². The second-order valence-electron chi connectivity index (χ2n) is 4.67. The van der Waals surface area contributed by atoms with Gasteiger partial charge in [0.05, 0.1) is 6.20 Å². The van der Waals surface area contributed by atoms with Gasteiger partial charge in [0.2, 0.25) is 0 Å². The number of ether oxygens (including phenoxy) is 1. The van der Waals surface area contributed by atoms with Crippen molar-refractivity contribution in [1.82, 2.24) is 10.3 Å². The Hall–Kier alpha value is -2.11. The van der Waals surface area contributed by atoms with Gasteiger partial charge in [-0.25, -0.2) is 4.98 Å². The molecule has 0 atom stereocenters. The van der Waals surface area contributed by atoms with Gasteiger partial charge in [-0.2, -0.15) is 0 Å². The molecule has 0 saturated carbocycles. The van der Waals surface area contributed by atoms with E-state index < -0.39 is 0 Å². The number of amides is 1. The fraction of sp³-hybridized carbons (Fsp3) is 0.125. The van der Waals surface area contributed by atoms with E-state index in [2.05, 4.69) is 10.3 Å². The van der Waals surface area contributed by atoms with Gasteiger partial charge in [-0.05, 0) is 35.9 Å². The van der Waals surface area contributed by atoms with Crippen molar-refractivity contribution in [1.29, 1.82) is 0 Å². The molecule has 4 nitrogen and oxygen atoms in total. The standard InChI is InChI=1S/C16H13ClN2O2S/c1-18-16(20)14-8-19-15(22-14)5-2-10-6-11-7-12(17)3-4-13(11)21-9-10/h2-8H,9H2,1H3,(H,18,20)/b5-2+. The highest BCUT2D eigenvalue weighted by Gasteiger charge is 2.11. The molecule has 2 aromatic rings. The molecular formula is C16H13ClN2O2S. The lowest BCUT2D eigenvalue weighted by Gasteiger charge is -2.16. The van der Waals surface area contributed by atoms with Crippen molar-refractivity contribution in [2.75, 3.05) is 13.7 Å². The number of nitrogens with zero attached hydrogens (tertiary/aromatic N) is 1. The van der Waals surface area contributed by atoms with Gasteiger partial charge in [0, 0.05) is 17.6 Å². The predicted molar refractivity (Wildman–Crippen MR) is 89.5 cm³/mol. The number of aromatic nitrogens is 1.